The fourth-order valence-electron chi connectivity index (χ4n) is 5.69. The SMILES string of the molecule is Cc1cc(N2C[C@H]3CC[C@@H](C2)C3Cc2nc3n(n2)CCN3c2ccc(F)c(F)c2)ncn1. The second-order valence-electron chi connectivity index (χ2n) is 9.19. The standard InChI is InChI=1S/C23H25F2N7/c1-14-8-22(27-13-26-14)30-11-15-2-3-16(12-30)18(15)10-21-28-23-31(6-7-32(23)29-21)17-4-5-19(24)20(25)9-17/h4-5,8-9,13,15-16,18H,2-3,6-7,10-12H2,1H3/t15-,16+,18?. The molecule has 6 rings (SSSR count). The maximum Gasteiger partial charge on any atom is 0.228 e. The number of aryl methyl sites for hydroxylation is 1. The Morgan fingerprint density at radius 3 is 2.56 bits per heavy atom. The van der Waals surface area contributed by atoms with E-state index in [9.17, 15) is 8.78 Å². The van der Waals surface area contributed by atoms with Crippen molar-refractivity contribution in [3.8, 4) is 0 Å². The summed E-state index contributed by atoms with van der Waals surface area (Å²) in [5.74, 6) is 2.67. The van der Waals surface area contributed by atoms with Crippen LogP contribution >= 0.6 is 0 Å². The first-order valence-corrected chi connectivity index (χ1v) is 11.2. The van der Waals surface area contributed by atoms with E-state index in [1.54, 1.807) is 12.4 Å². The molecule has 3 aliphatic rings. The summed E-state index contributed by atoms with van der Waals surface area (Å²) in [6.45, 7) is 5.36. The molecular formula is C23H25F2N7. The van der Waals surface area contributed by atoms with E-state index in [1.165, 1.54) is 18.9 Å². The van der Waals surface area contributed by atoms with Gasteiger partial charge in [-0.1, -0.05) is 0 Å². The lowest BCUT2D eigenvalue weighted by Crippen LogP contribution is -2.43. The highest BCUT2D eigenvalue weighted by Gasteiger charge is 2.43. The average Bonchev–Trinajstić information content (AvgIpc) is 3.41. The smallest absolute Gasteiger partial charge is 0.228 e. The Balaban J connectivity index is 1.18. The Bertz CT molecular complexity index is 1150. The highest BCUT2D eigenvalue weighted by Crippen LogP contribution is 2.44. The molecule has 0 N–H and O–H groups in total. The minimum absolute atomic E-state index is 0.564. The van der Waals surface area contributed by atoms with E-state index in [1.807, 2.05) is 16.5 Å². The first-order chi connectivity index (χ1) is 15.5. The highest BCUT2D eigenvalue weighted by atomic mass is 19.2. The number of benzene rings is 1. The normalized spacial score (nSPS) is 24.3. The van der Waals surface area contributed by atoms with Crippen LogP contribution < -0.4 is 9.80 Å². The Morgan fingerprint density at radius 2 is 1.81 bits per heavy atom. The van der Waals surface area contributed by atoms with Gasteiger partial charge in [0.25, 0.3) is 0 Å². The lowest BCUT2D eigenvalue weighted by Gasteiger charge is -2.38. The molecule has 32 heavy (non-hydrogen) atoms. The molecule has 2 fully saturated rings. The Labute approximate surface area is 185 Å². The molecule has 0 amide bonds. The monoisotopic (exact) mass is 437 g/mol. The Kier molecular flexibility index (Phi) is 4.58. The molecule has 9 heteroatoms. The fourth-order valence-corrected chi connectivity index (χ4v) is 5.69. The fraction of sp³-hybridized carbons (Fsp3) is 0.478. The summed E-state index contributed by atoms with van der Waals surface area (Å²) in [5, 5.41) is 4.75. The molecule has 0 radical (unpaired) electrons. The quantitative estimate of drug-likeness (QED) is 0.623. The van der Waals surface area contributed by atoms with Crippen molar-refractivity contribution in [3.63, 3.8) is 0 Å². The second-order valence-corrected chi connectivity index (χ2v) is 9.19. The molecule has 2 bridgehead atoms. The lowest BCUT2D eigenvalue weighted by molar-refractivity contribution is 0.264. The van der Waals surface area contributed by atoms with Gasteiger partial charge in [0.05, 0.1) is 6.54 Å². The van der Waals surface area contributed by atoms with Gasteiger partial charge in [-0.05, 0) is 49.7 Å². The number of anilines is 3. The van der Waals surface area contributed by atoms with E-state index < -0.39 is 11.6 Å². The summed E-state index contributed by atoms with van der Waals surface area (Å²) in [5.41, 5.74) is 1.60. The van der Waals surface area contributed by atoms with Crippen molar-refractivity contribution < 1.29 is 8.78 Å². The third-order valence-corrected chi connectivity index (χ3v) is 7.25. The molecule has 4 heterocycles. The second kappa shape index (κ2) is 7.50. The van der Waals surface area contributed by atoms with Crippen LogP contribution in [0.2, 0.25) is 0 Å². The van der Waals surface area contributed by atoms with E-state index in [0.717, 1.165) is 42.9 Å². The summed E-state index contributed by atoms with van der Waals surface area (Å²) in [7, 11) is 0. The molecule has 1 unspecified atom stereocenters. The van der Waals surface area contributed by atoms with Gasteiger partial charge in [-0.25, -0.2) is 23.4 Å². The van der Waals surface area contributed by atoms with Gasteiger partial charge < -0.3 is 9.80 Å². The summed E-state index contributed by atoms with van der Waals surface area (Å²) < 4.78 is 29.0. The topological polar surface area (TPSA) is 63.0 Å². The summed E-state index contributed by atoms with van der Waals surface area (Å²) >= 11 is 0. The van der Waals surface area contributed by atoms with Crippen molar-refractivity contribution in [2.24, 2.45) is 17.8 Å². The number of hydrogen-bond acceptors (Lipinski definition) is 6. The van der Waals surface area contributed by atoms with Crippen molar-refractivity contribution >= 4 is 17.5 Å². The van der Waals surface area contributed by atoms with Gasteiger partial charge in [0.2, 0.25) is 5.95 Å². The predicted octanol–water partition coefficient (Wildman–Crippen LogP) is 3.51. The van der Waals surface area contributed by atoms with Crippen LogP contribution in [-0.2, 0) is 13.0 Å². The first kappa shape index (κ1) is 19.6. The van der Waals surface area contributed by atoms with E-state index in [0.29, 0.717) is 42.5 Å². The minimum Gasteiger partial charge on any atom is -0.356 e. The zero-order valence-electron chi connectivity index (χ0n) is 18.0. The van der Waals surface area contributed by atoms with Crippen LogP contribution in [0.5, 0.6) is 0 Å². The van der Waals surface area contributed by atoms with Gasteiger partial charge in [0, 0.05) is 49.6 Å². The molecule has 2 aromatic heterocycles. The van der Waals surface area contributed by atoms with Crippen LogP contribution in [0, 0.1) is 36.3 Å². The third-order valence-electron chi connectivity index (χ3n) is 7.25. The molecule has 166 valence electrons. The first-order valence-electron chi connectivity index (χ1n) is 11.2. The van der Waals surface area contributed by atoms with Gasteiger partial charge in [-0.3, -0.25) is 0 Å². The number of rotatable bonds is 4. The summed E-state index contributed by atoms with van der Waals surface area (Å²) in [6.07, 6.45) is 4.96. The molecular weight excluding hydrogens is 412 g/mol. The Hall–Kier alpha value is -3.10. The van der Waals surface area contributed by atoms with Gasteiger partial charge in [-0.15, -0.1) is 0 Å². The molecule has 2 aliphatic heterocycles. The maximum atomic E-state index is 13.7. The van der Waals surface area contributed by atoms with Crippen molar-refractivity contribution in [2.75, 3.05) is 29.4 Å². The molecule has 1 saturated heterocycles. The number of piperidine rings is 1. The van der Waals surface area contributed by atoms with Crippen molar-refractivity contribution in [3.05, 3.63) is 53.7 Å². The average molecular weight is 437 g/mol. The van der Waals surface area contributed by atoms with Crippen molar-refractivity contribution in [1.29, 1.82) is 0 Å². The van der Waals surface area contributed by atoms with Crippen LogP contribution in [0.4, 0.5) is 26.2 Å². The van der Waals surface area contributed by atoms with E-state index >= 15 is 0 Å². The molecule has 7 nitrogen and oxygen atoms in total. The van der Waals surface area contributed by atoms with Crippen molar-refractivity contribution in [1.82, 2.24) is 24.7 Å². The maximum absolute atomic E-state index is 13.7. The van der Waals surface area contributed by atoms with E-state index in [2.05, 4.69) is 20.9 Å². The van der Waals surface area contributed by atoms with Crippen LogP contribution in [0.1, 0.15) is 24.4 Å². The number of nitrogens with zero attached hydrogens (tertiary/aromatic N) is 7. The van der Waals surface area contributed by atoms with E-state index in [-0.39, 0.29) is 0 Å². The highest BCUT2D eigenvalue weighted by molar-refractivity contribution is 5.59. The Morgan fingerprint density at radius 1 is 1.00 bits per heavy atom. The zero-order chi connectivity index (χ0) is 21.8. The molecule has 0 spiro atoms. The van der Waals surface area contributed by atoms with Crippen LogP contribution in [0.15, 0.2) is 30.6 Å². The largest absolute Gasteiger partial charge is 0.356 e. The lowest BCUT2D eigenvalue weighted by atomic mass is 9.82. The van der Waals surface area contributed by atoms with Gasteiger partial charge in [0.15, 0.2) is 17.5 Å². The van der Waals surface area contributed by atoms with Gasteiger partial charge in [-0.2, -0.15) is 10.1 Å². The molecule has 1 aliphatic carbocycles. The molecule has 1 saturated carbocycles. The van der Waals surface area contributed by atoms with Crippen LogP contribution in [-0.4, -0.2) is 44.4 Å². The van der Waals surface area contributed by atoms with Gasteiger partial charge >= 0.3 is 0 Å². The number of halogens is 2. The molecule has 3 atom stereocenters. The third kappa shape index (κ3) is 3.30. The van der Waals surface area contributed by atoms with Gasteiger partial charge in [0.1, 0.15) is 12.1 Å². The zero-order valence-corrected chi connectivity index (χ0v) is 18.0. The summed E-state index contributed by atoms with van der Waals surface area (Å²) in [4.78, 5) is 17.8. The van der Waals surface area contributed by atoms with Crippen LogP contribution in [0.3, 0.4) is 0 Å². The van der Waals surface area contributed by atoms with Crippen molar-refractivity contribution in [2.45, 2.75) is 32.7 Å². The number of hydrogen-bond donors (Lipinski definition) is 0. The number of aromatic nitrogens is 5. The minimum atomic E-state index is -0.845. The molecule has 1 aromatic carbocycles. The molecule has 3 aromatic rings. The van der Waals surface area contributed by atoms with Crippen LogP contribution in [0.25, 0.3) is 0 Å². The predicted molar refractivity (Wildman–Crippen MR) is 116 cm³/mol. The number of fused-ring (bicyclic) bond motifs is 3. The van der Waals surface area contributed by atoms with E-state index in [4.69, 9.17) is 10.1 Å². The summed E-state index contributed by atoms with van der Waals surface area (Å²) in [6, 6.07) is 6.04.